The van der Waals surface area contributed by atoms with Crippen molar-refractivity contribution in [1.29, 1.82) is 0 Å². The number of fused-ring (bicyclic) bond motifs is 1. The summed E-state index contributed by atoms with van der Waals surface area (Å²) in [5.74, 6) is -0.0409. The number of carbonyl (C=O) groups excluding carboxylic acids is 1. The number of nitrogens with zero attached hydrogens (tertiary/aromatic N) is 1. The monoisotopic (exact) mass is 298 g/mol. The first kappa shape index (κ1) is 13.7. The van der Waals surface area contributed by atoms with Gasteiger partial charge in [-0.25, -0.2) is 0 Å². The van der Waals surface area contributed by atoms with Crippen LogP contribution in [0.5, 0.6) is 0 Å². The predicted molar refractivity (Wildman–Crippen MR) is 86.6 cm³/mol. The van der Waals surface area contributed by atoms with E-state index in [1.807, 2.05) is 30.5 Å². The van der Waals surface area contributed by atoms with Gasteiger partial charge in [0, 0.05) is 24.7 Å². The highest BCUT2D eigenvalue weighted by Crippen LogP contribution is 2.21. The van der Waals surface area contributed by atoms with Gasteiger partial charge in [0.2, 0.25) is 5.91 Å². The van der Waals surface area contributed by atoms with E-state index in [9.17, 15) is 4.79 Å². The Morgan fingerprint density at radius 3 is 2.67 bits per heavy atom. The van der Waals surface area contributed by atoms with Crippen molar-refractivity contribution in [1.82, 2.24) is 4.57 Å². The van der Waals surface area contributed by atoms with Crippen LogP contribution in [0.15, 0.2) is 60.8 Å². The number of hydrogen-bond acceptors (Lipinski definition) is 1. The van der Waals surface area contributed by atoms with Crippen LogP contribution in [0.3, 0.4) is 0 Å². The Balaban J connectivity index is 1.65. The van der Waals surface area contributed by atoms with Crippen molar-refractivity contribution in [2.45, 2.75) is 13.0 Å². The number of nitrogens with one attached hydrogen (secondary N) is 1. The number of halogens is 1. The molecule has 2 aromatic carbocycles. The van der Waals surface area contributed by atoms with Crippen LogP contribution in [-0.4, -0.2) is 10.5 Å². The average Bonchev–Trinajstić information content (AvgIpc) is 2.91. The third-order valence-electron chi connectivity index (χ3n) is 3.41. The molecule has 4 heteroatoms. The van der Waals surface area contributed by atoms with Gasteiger partial charge >= 0.3 is 0 Å². The molecule has 0 aliphatic rings. The number of anilines is 1. The normalized spacial score (nSPS) is 10.7. The first-order valence-electron chi connectivity index (χ1n) is 6.82. The van der Waals surface area contributed by atoms with Crippen LogP contribution < -0.4 is 5.32 Å². The van der Waals surface area contributed by atoms with Gasteiger partial charge in [0.05, 0.1) is 10.7 Å². The SMILES string of the molecule is O=C(CCn1ccc2ccccc21)Nc1ccccc1Cl. The molecule has 0 aliphatic heterocycles. The van der Waals surface area contributed by atoms with Gasteiger partial charge in [0.1, 0.15) is 0 Å². The van der Waals surface area contributed by atoms with Gasteiger partial charge in [0.25, 0.3) is 0 Å². The van der Waals surface area contributed by atoms with Gasteiger partial charge in [-0.3, -0.25) is 4.79 Å². The first-order chi connectivity index (χ1) is 10.2. The van der Waals surface area contributed by atoms with E-state index in [4.69, 9.17) is 11.6 Å². The number of aryl methyl sites for hydroxylation is 1. The summed E-state index contributed by atoms with van der Waals surface area (Å²) >= 11 is 6.03. The Morgan fingerprint density at radius 2 is 1.81 bits per heavy atom. The summed E-state index contributed by atoms with van der Waals surface area (Å²) in [5, 5.41) is 4.57. The van der Waals surface area contributed by atoms with Crippen LogP contribution in [0, 0.1) is 0 Å². The number of rotatable bonds is 4. The number of aromatic nitrogens is 1. The Kier molecular flexibility index (Phi) is 3.93. The van der Waals surface area contributed by atoms with Crippen molar-refractivity contribution in [3.8, 4) is 0 Å². The minimum absolute atomic E-state index is 0.0409. The van der Waals surface area contributed by atoms with E-state index in [1.165, 1.54) is 5.39 Å². The zero-order valence-electron chi connectivity index (χ0n) is 11.4. The molecule has 3 aromatic rings. The quantitative estimate of drug-likeness (QED) is 0.764. The molecule has 0 spiro atoms. The van der Waals surface area contributed by atoms with E-state index < -0.39 is 0 Å². The van der Waals surface area contributed by atoms with Gasteiger partial charge in [-0.1, -0.05) is 41.9 Å². The molecule has 0 bridgehead atoms. The molecule has 1 heterocycles. The summed E-state index contributed by atoms with van der Waals surface area (Å²) in [6.07, 6.45) is 2.41. The number of para-hydroxylation sites is 2. The maximum absolute atomic E-state index is 12.0. The molecule has 0 unspecified atom stereocenters. The molecule has 0 saturated heterocycles. The van der Waals surface area contributed by atoms with Crippen LogP contribution >= 0.6 is 11.6 Å². The summed E-state index contributed by atoms with van der Waals surface area (Å²) in [7, 11) is 0. The van der Waals surface area contributed by atoms with Crippen LogP contribution in [0.1, 0.15) is 6.42 Å². The number of amides is 1. The molecular weight excluding hydrogens is 284 g/mol. The molecule has 3 rings (SSSR count). The highest BCUT2D eigenvalue weighted by atomic mass is 35.5. The number of benzene rings is 2. The van der Waals surface area contributed by atoms with Crippen molar-refractivity contribution >= 4 is 34.1 Å². The largest absolute Gasteiger partial charge is 0.347 e. The summed E-state index contributed by atoms with van der Waals surface area (Å²) < 4.78 is 2.08. The van der Waals surface area contributed by atoms with E-state index in [0.29, 0.717) is 23.7 Å². The lowest BCUT2D eigenvalue weighted by Crippen LogP contribution is -2.14. The summed E-state index contributed by atoms with van der Waals surface area (Å²) in [6, 6.07) is 17.4. The fourth-order valence-corrected chi connectivity index (χ4v) is 2.52. The molecule has 0 radical (unpaired) electrons. The van der Waals surface area contributed by atoms with Crippen LogP contribution in [0.25, 0.3) is 10.9 Å². The molecule has 0 fully saturated rings. The molecule has 3 nitrogen and oxygen atoms in total. The van der Waals surface area contributed by atoms with E-state index in [-0.39, 0.29) is 5.91 Å². The first-order valence-corrected chi connectivity index (χ1v) is 7.20. The van der Waals surface area contributed by atoms with Gasteiger partial charge < -0.3 is 9.88 Å². The minimum Gasteiger partial charge on any atom is -0.347 e. The van der Waals surface area contributed by atoms with Gasteiger partial charge in [0.15, 0.2) is 0 Å². The second-order valence-corrected chi connectivity index (χ2v) is 5.25. The van der Waals surface area contributed by atoms with E-state index in [2.05, 4.69) is 28.1 Å². The van der Waals surface area contributed by atoms with Crippen molar-refractivity contribution in [2.75, 3.05) is 5.32 Å². The Bertz CT molecular complexity index is 779. The molecule has 1 amide bonds. The van der Waals surface area contributed by atoms with Crippen LogP contribution in [0.2, 0.25) is 5.02 Å². The second-order valence-electron chi connectivity index (χ2n) is 4.85. The zero-order chi connectivity index (χ0) is 14.7. The van der Waals surface area contributed by atoms with E-state index in [1.54, 1.807) is 12.1 Å². The van der Waals surface area contributed by atoms with Gasteiger partial charge in [-0.05, 0) is 29.7 Å². The highest BCUT2D eigenvalue weighted by molar-refractivity contribution is 6.33. The highest BCUT2D eigenvalue weighted by Gasteiger charge is 2.06. The summed E-state index contributed by atoms with van der Waals surface area (Å²) in [5.41, 5.74) is 1.80. The lowest BCUT2D eigenvalue weighted by Gasteiger charge is -2.08. The smallest absolute Gasteiger partial charge is 0.226 e. The average molecular weight is 299 g/mol. The number of carbonyl (C=O) groups is 1. The molecule has 106 valence electrons. The summed E-state index contributed by atoms with van der Waals surface area (Å²) in [4.78, 5) is 12.0. The zero-order valence-corrected chi connectivity index (χ0v) is 12.2. The maximum Gasteiger partial charge on any atom is 0.226 e. The standard InChI is InChI=1S/C17H15ClN2O/c18-14-6-2-3-7-15(14)19-17(21)10-12-20-11-9-13-5-1-4-8-16(13)20/h1-9,11H,10,12H2,(H,19,21). The van der Waals surface area contributed by atoms with Crippen LogP contribution in [0.4, 0.5) is 5.69 Å². The van der Waals surface area contributed by atoms with E-state index in [0.717, 1.165) is 5.52 Å². The molecule has 21 heavy (non-hydrogen) atoms. The van der Waals surface area contributed by atoms with Gasteiger partial charge in [-0.2, -0.15) is 0 Å². The fourth-order valence-electron chi connectivity index (χ4n) is 2.33. The molecule has 0 atom stereocenters. The molecule has 1 N–H and O–H groups in total. The number of hydrogen-bond donors (Lipinski definition) is 1. The topological polar surface area (TPSA) is 34.0 Å². The lowest BCUT2D eigenvalue weighted by molar-refractivity contribution is -0.116. The Morgan fingerprint density at radius 1 is 1.05 bits per heavy atom. The molecule has 0 aliphatic carbocycles. The van der Waals surface area contributed by atoms with Gasteiger partial charge in [-0.15, -0.1) is 0 Å². The maximum atomic E-state index is 12.0. The van der Waals surface area contributed by atoms with Crippen molar-refractivity contribution in [2.24, 2.45) is 0 Å². The lowest BCUT2D eigenvalue weighted by atomic mass is 10.2. The van der Waals surface area contributed by atoms with Crippen LogP contribution in [-0.2, 0) is 11.3 Å². The Hall–Kier alpha value is -2.26. The second kappa shape index (κ2) is 6.02. The minimum atomic E-state index is -0.0409. The van der Waals surface area contributed by atoms with Crippen molar-refractivity contribution < 1.29 is 4.79 Å². The molecular formula is C17H15ClN2O. The van der Waals surface area contributed by atoms with E-state index >= 15 is 0 Å². The van der Waals surface area contributed by atoms with Crippen molar-refractivity contribution in [3.63, 3.8) is 0 Å². The third kappa shape index (κ3) is 3.09. The fraction of sp³-hybridized carbons (Fsp3) is 0.118. The molecule has 0 saturated carbocycles. The molecule has 1 aromatic heterocycles. The van der Waals surface area contributed by atoms with Crippen molar-refractivity contribution in [3.05, 3.63) is 65.8 Å². The predicted octanol–water partition coefficient (Wildman–Crippen LogP) is 4.32. The summed E-state index contributed by atoms with van der Waals surface area (Å²) in [6.45, 7) is 0.643. The third-order valence-corrected chi connectivity index (χ3v) is 3.74. The Labute approximate surface area is 128 Å².